The fraction of sp³-hybridized carbons (Fsp3) is 0.125. The van der Waals surface area contributed by atoms with E-state index in [1.807, 2.05) is 6.07 Å². The van der Waals surface area contributed by atoms with Crippen LogP contribution in [0.15, 0.2) is 24.3 Å². The largest absolute Gasteiger partial charge is 0.0620 e. The first-order valence-corrected chi connectivity index (χ1v) is 8.53. The maximum absolute atomic E-state index is 3.96. The lowest BCUT2D eigenvalue weighted by Gasteiger charge is -2.00. The maximum Gasteiger partial charge on any atom is 0.0101 e. The average molecular weight is 164 g/mol. The second kappa shape index (κ2) is 3.73. The molecule has 10 heavy (non-hydrogen) atoms. The molecule has 0 aliphatic carbocycles. The molecule has 0 saturated heterocycles. The quantitative estimate of drug-likeness (QED) is 0.543. The minimum absolute atomic E-state index is 0.182. The predicted molar refractivity (Wildman–Crippen MR) is 51.7 cm³/mol. The first kappa shape index (κ1) is 7.76. The van der Waals surface area contributed by atoms with Crippen LogP contribution in [-0.2, 0) is 6.04 Å². The van der Waals surface area contributed by atoms with Gasteiger partial charge in [-0.05, 0) is 33.9 Å². The Labute approximate surface area is 67.7 Å². The lowest BCUT2D eigenvalue weighted by molar-refractivity contribution is 1.35. The van der Waals surface area contributed by atoms with Crippen LogP contribution >= 0.6 is 0 Å². The first-order valence-electron chi connectivity index (χ1n) is 3.53. The summed E-state index contributed by atoms with van der Waals surface area (Å²) in [6, 6.07) is 9.71. The summed E-state index contributed by atoms with van der Waals surface area (Å²) in [5, 5.41) is 0. The van der Waals surface area contributed by atoms with E-state index in [-0.39, 0.29) is 9.04 Å². The standard InChI is InChI=1S/C8H12Si2/c1-7-4-2-3-5-8(7)6-10-9/h2-5H,1,6,9-10H2. The van der Waals surface area contributed by atoms with Gasteiger partial charge < -0.3 is 0 Å². The zero-order valence-electron chi connectivity index (χ0n) is 6.14. The van der Waals surface area contributed by atoms with E-state index in [0.29, 0.717) is 0 Å². The molecule has 0 saturated carbocycles. The highest BCUT2D eigenvalue weighted by molar-refractivity contribution is 6.89. The molecular formula is C8H12Si2. The van der Waals surface area contributed by atoms with Crippen LogP contribution in [0.1, 0.15) is 11.1 Å². The molecule has 0 unspecified atom stereocenters. The molecule has 0 atom stereocenters. The third-order valence-corrected chi connectivity index (χ3v) is 3.52. The van der Waals surface area contributed by atoms with Gasteiger partial charge >= 0.3 is 0 Å². The summed E-state index contributed by atoms with van der Waals surface area (Å²) in [5.74, 6) is 0. The second-order valence-electron chi connectivity index (χ2n) is 2.37. The third kappa shape index (κ3) is 1.82. The van der Waals surface area contributed by atoms with Crippen molar-refractivity contribution in [3.05, 3.63) is 42.3 Å². The Morgan fingerprint density at radius 1 is 1.40 bits per heavy atom. The molecule has 0 bridgehead atoms. The fourth-order valence-electron chi connectivity index (χ4n) is 0.992. The van der Waals surface area contributed by atoms with Crippen molar-refractivity contribution in [3.8, 4) is 0 Å². The van der Waals surface area contributed by atoms with Gasteiger partial charge in [-0.2, -0.15) is 0 Å². The molecular weight excluding hydrogens is 152 g/mol. The Morgan fingerprint density at radius 2 is 2.10 bits per heavy atom. The maximum atomic E-state index is 3.96. The highest BCUT2D eigenvalue weighted by atomic mass is 29.1. The minimum atomic E-state index is 0.182. The molecule has 1 aromatic rings. The Bertz CT molecular complexity index is 208. The molecule has 0 aromatic heterocycles. The summed E-state index contributed by atoms with van der Waals surface area (Å²) in [5.41, 5.74) is 2.66. The third-order valence-electron chi connectivity index (χ3n) is 1.56. The highest BCUT2D eigenvalue weighted by Crippen LogP contribution is 2.05. The molecule has 0 aliphatic heterocycles. The molecule has 2 heteroatoms. The molecule has 0 aliphatic rings. The molecule has 0 heterocycles. The Kier molecular flexibility index (Phi) is 2.90. The molecule has 0 N–H and O–H groups in total. The van der Waals surface area contributed by atoms with Gasteiger partial charge in [-0.3, -0.25) is 0 Å². The zero-order valence-corrected chi connectivity index (χ0v) is 8.97. The van der Waals surface area contributed by atoms with Crippen LogP contribution in [0.25, 0.3) is 0 Å². The highest BCUT2D eigenvalue weighted by Gasteiger charge is 1.92. The number of benzene rings is 1. The van der Waals surface area contributed by atoms with Crippen LogP contribution in [0, 0.1) is 6.92 Å². The van der Waals surface area contributed by atoms with E-state index in [1.54, 1.807) is 0 Å². The van der Waals surface area contributed by atoms with E-state index in [2.05, 4.69) is 34.9 Å². The summed E-state index contributed by atoms with van der Waals surface area (Å²) in [7, 11) is 2.33. The van der Waals surface area contributed by atoms with Crippen LogP contribution in [0.4, 0.5) is 0 Å². The van der Waals surface area contributed by atoms with Gasteiger partial charge in [-0.25, -0.2) is 0 Å². The van der Waals surface area contributed by atoms with Crippen LogP contribution < -0.4 is 0 Å². The van der Waals surface area contributed by atoms with Crippen LogP contribution in [0.2, 0.25) is 0 Å². The number of hydrogen-bond acceptors (Lipinski definition) is 0. The van der Waals surface area contributed by atoms with Crippen LogP contribution in [-0.4, -0.2) is 18.8 Å². The summed E-state index contributed by atoms with van der Waals surface area (Å²) >= 11 is 0. The molecule has 1 rings (SSSR count). The van der Waals surface area contributed by atoms with Gasteiger partial charge in [0.1, 0.15) is 0 Å². The van der Waals surface area contributed by atoms with Crippen molar-refractivity contribution in [3.63, 3.8) is 0 Å². The van der Waals surface area contributed by atoms with Crippen molar-refractivity contribution in [2.45, 2.75) is 6.04 Å². The van der Waals surface area contributed by atoms with Gasteiger partial charge in [0.2, 0.25) is 0 Å². The zero-order chi connectivity index (χ0) is 7.40. The summed E-state index contributed by atoms with van der Waals surface area (Å²) in [4.78, 5) is 0. The van der Waals surface area contributed by atoms with E-state index in [9.17, 15) is 0 Å². The Balaban J connectivity index is 2.81. The van der Waals surface area contributed by atoms with E-state index in [1.165, 1.54) is 17.2 Å². The van der Waals surface area contributed by atoms with Crippen molar-refractivity contribution < 1.29 is 0 Å². The molecule has 1 aromatic carbocycles. The van der Waals surface area contributed by atoms with Gasteiger partial charge in [-0.15, -0.1) is 0 Å². The number of rotatable bonds is 2. The molecule has 0 spiro atoms. The summed E-state index contributed by atoms with van der Waals surface area (Å²) in [6.45, 7) is 3.96. The smallest absolute Gasteiger partial charge is 0.0101 e. The van der Waals surface area contributed by atoms with Crippen LogP contribution in [0.3, 0.4) is 0 Å². The average Bonchev–Trinajstić information content (AvgIpc) is 1.94. The first-order chi connectivity index (χ1) is 4.84. The van der Waals surface area contributed by atoms with Gasteiger partial charge in [-0.1, -0.05) is 24.3 Å². The van der Waals surface area contributed by atoms with E-state index < -0.39 is 0 Å². The molecule has 0 nitrogen and oxygen atoms in total. The minimum Gasteiger partial charge on any atom is -0.0620 e. The monoisotopic (exact) mass is 164 g/mol. The lowest BCUT2D eigenvalue weighted by atomic mass is 10.1. The Hall–Kier alpha value is -0.346. The fourth-order valence-corrected chi connectivity index (χ4v) is 3.00. The van der Waals surface area contributed by atoms with Gasteiger partial charge in [0.15, 0.2) is 0 Å². The van der Waals surface area contributed by atoms with Crippen molar-refractivity contribution in [2.24, 2.45) is 0 Å². The summed E-state index contributed by atoms with van der Waals surface area (Å²) < 4.78 is 0. The molecule has 0 fully saturated rings. The van der Waals surface area contributed by atoms with Gasteiger partial charge in [0.25, 0.3) is 0 Å². The molecule has 0 amide bonds. The van der Waals surface area contributed by atoms with Crippen molar-refractivity contribution >= 4 is 18.8 Å². The van der Waals surface area contributed by atoms with Crippen molar-refractivity contribution in [1.29, 1.82) is 0 Å². The van der Waals surface area contributed by atoms with Crippen LogP contribution in [0.5, 0.6) is 0 Å². The van der Waals surface area contributed by atoms with Crippen molar-refractivity contribution in [2.75, 3.05) is 0 Å². The van der Waals surface area contributed by atoms with Gasteiger partial charge in [0, 0.05) is 9.04 Å². The van der Waals surface area contributed by atoms with Crippen molar-refractivity contribution in [1.82, 2.24) is 0 Å². The Morgan fingerprint density at radius 3 is 2.70 bits per heavy atom. The van der Waals surface area contributed by atoms with Gasteiger partial charge in [0.05, 0.1) is 0 Å². The topological polar surface area (TPSA) is 0 Å². The molecule has 52 valence electrons. The lowest BCUT2D eigenvalue weighted by Crippen LogP contribution is -1.97. The summed E-state index contributed by atoms with van der Waals surface area (Å²) in [6.07, 6.45) is 0. The van der Waals surface area contributed by atoms with E-state index in [4.69, 9.17) is 0 Å². The number of hydrogen-bond donors (Lipinski definition) is 0. The second-order valence-corrected chi connectivity index (χ2v) is 5.70. The normalized spacial score (nSPS) is 11.0. The predicted octanol–water partition coefficient (Wildman–Crippen LogP) is 0.0857. The van der Waals surface area contributed by atoms with E-state index >= 15 is 0 Å². The molecule has 2 radical (unpaired) electrons. The SMILES string of the molecule is [CH2]c1ccccc1C[SiH2][SiH2]. The van der Waals surface area contributed by atoms with E-state index in [0.717, 1.165) is 0 Å².